The fraction of sp³-hybridized carbons (Fsp3) is 0. The Hall–Kier alpha value is -2.72. The number of halogens is 1. The van der Waals surface area contributed by atoms with E-state index in [1.807, 2.05) is 53.2 Å². The highest BCUT2D eigenvalue weighted by Gasteiger charge is 2.08. The highest BCUT2D eigenvalue weighted by Crippen LogP contribution is 2.24. The fourth-order valence-electron chi connectivity index (χ4n) is 2.39. The van der Waals surface area contributed by atoms with Gasteiger partial charge in [-0.3, -0.25) is 14.4 Å². The Morgan fingerprint density at radius 1 is 0.864 bits per heavy atom. The number of rotatable bonds is 2. The van der Waals surface area contributed by atoms with E-state index in [1.54, 1.807) is 18.6 Å². The molecule has 0 bridgehead atoms. The maximum atomic E-state index is 5.96. The van der Waals surface area contributed by atoms with Gasteiger partial charge in [-0.1, -0.05) is 23.7 Å². The van der Waals surface area contributed by atoms with Gasteiger partial charge in [0.15, 0.2) is 5.65 Å². The molecule has 3 heterocycles. The third-order valence-corrected chi connectivity index (χ3v) is 3.75. The molecule has 0 radical (unpaired) electrons. The molecule has 0 aliphatic rings. The summed E-state index contributed by atoms with van der Waals surface area (Å²) in [5.74, 6) is 0. The summed E-state index contributed by atoms with van der Waals surface area (Å²) in [4.78, 5) is 13.0. The Balaban J connectivity index is 1.88. The van der Waals surface area contributed by atoms with Gasteiger partial charge in [-0.2, -0.15) is 0 Å². The lowest BCUT2D eigenvalue weighted by molar-refractivity contribution is 1.13. The van der Waals surface area contributed by atoms with Crippen LogP contribution in [0.15, 0.2) is 67.4 Å². The van der Waals surface area contributed by atoms with Crippen molar-refractivity contribution in [3.05, 3.63) is 72.4 Å². The summed E-state index contributed by atoms with van der Waals surface area (Å²) in [6.07, 6.45) is 9.13. The molecule has 0 spiro atoms. The number of hydrogen-bond donors (Lipinski definition) is 0. The molecule has 0 N–H and O–H groups in total. The van der Waals surface area contributed by atoms with Gasteiger partial charge in [-0.25, -0.2) is 4.98 Å². The molecule has 0 aliphatic heterocycles. The average molecular weight is 307 g/mol. The van der Waals surface area contributed by atoms with Gasteiger partial charge in [0.05, 0.1) is 23.8 Å². The SMILES string of the molecule is Clc1ccc(-c2cnc3cnc(-c4cccnc4)cn23)cc1. The molecule has 1 aromatic carbocycles. The molecule has 0 fully saturated rings. The van der Waals surface area contributed by atoms with Gasteiger partial charge in [0.1, 0.15) is 0 Å². The minimum absolute atomic E-state index is 0.718. The lowest BCUT2D eigenvalue weighted by Gasteiger charge is -2.05. The third-order valence-electron chi connectivity index (χ3n) is 3.49. The second kappa shape index (κ2) is 5.24. The van der Waals surface area contributed by atoms with Crippen LogP contribution in [0.25, 0.3) is 28.2 Å². The van der Waals surface area contributed by atoms with Gasteiger partial charge >= 0.3 is 0 Å². The lowest BCUT2D eigenvalue weighted by atomic mass is 10.1. The standard InChI is InChI=1S/C17H11ClN4/c18-14-5-3-12(4-6-14)16-9-21-17-10-20-15(11-22(16)17)13-2-1-7-19-8-13/h1-11H. The molecule has 3 aromatic heterocycles. The van der Waals surface area contributed by atoms with Crippen molar-refractivity contribution in [2.75, 3.05) is 0 Å². The number of imidazole rings is 1. The zero-order valence-corrected chi connectivity index (χ0v) is 12.3. The van der Waals surface area contributed by atoms with Crippen molar-refractivity contribution < 1.29 is 0 Å². The van der Waals surface area contributed by atoms with Crippen LogP contribution in [0.1, 0.15) is 0 Å². The zero-order chi connectivity index (χ0) is 14.9. The molecule has 0 atom stereocenters. The fourth-order valence-corrected chi connectivity index (χ4v) is 2.51. The first kappa shape index (κ1) is 13.0. The van der Waals surface area contributed by atoms with Crippen LogP contribution in [0.5, 0.6) is 0 Å². The molecule has 5 heteroatoms. The number of aromatic nitrogens is 4. The molecule has 106 valence electrons. The predicted octanol–water partition coefficient (Wildman–Crippen LogP) is 4.11. The van der Waals surface area contributed by atoms with Gasteiger partial charge < -0.3 is 0 Å². The van der Waals surface area contributed by atoms with Crippen LogP contribution in [0.4, 0.5) is 0 Å². The van der Waals surface area contributed by atoms with Gasteiger partial charge in [0, 0.05) is 34.7 Å². The van der Waals surface area contributed by atoms with Gasteiger partial charge in [-0.05, 0) is 24.3 Å². The average Bonchev–Trinajstić information content (AvgIpc) is 2.99. The number of benzene rings is 1. The maximum absolute atomic E-state index is 5.96. The molecule has 4 rings (SSSR count). The Bertz CT molecular complexity index is 930. The van der Waals surface area contributed by atoms with Crippen molar-refractivity contribution in [1.29, 1.82) is 0 Å². The van der Waals surface area contributed by atoms with E-state index in [1.165, 1.54) is 0 Å². The van der Waals surface area contributed by atoms with E-state index in [9.17, 15) is 0 Å². The second-order valence-corrected chi connectivity index (χ2v) is 5.33. The number of hydrogen-bond acceptors (Lipinski definition) is 3. The third kappa shape index (κ3) is 2.23. The van der Waals surface area contributed by atoms with Crippen molar-refractivity contribution in [1.82, 2.24) is 19.4 Å². The molecule has 0 unspecified atom stereocenters. The number of fused-ring (bicyclic) bond motifs is 1. The van der Waals surface area contributed by atoms with Gasteiger partial charge in [0.25, 0.3) is 0 Å². The van der Waals surface area contributed by atoms with E-state index in [2.05, 4.69) is 15.0 Å². The minimum Gasteiger partial charge on any atom is -0.296 e. The molecule has 0 amide bonds. The zero-order valence-electron chi connectivity index (χ0n) is 11.5. The first-order valence-electron chi connectivity index (χ1n) is 6.81. The summed E-state index contributed by atoms with van der Waals surface area (Å²) in [5, 5.41) is 0.718. The molecule has 0 saturated heterocycles. The van der Waals surface area contributed by atoms with Crippen LogP contribution < -0.4 is 0 Å². The van der Waals surface area contributed by atoms with Gasteiger partial charge in [0.2, 0.25) is 0 Å². The smallest absolute Gasteiger partial charge is 0.155 e. The first-order valence-corrected chi connectivity index (χ1v) is 7.18. The van der Waals surface area contributed by atoms with E-state index in [4.69, 9.17) is 11.6 Å². The number of pyridine rings is 1. The molecule has 22 heavy (non-hydrogen) atoms. The predicted molar refractivity (Wildman–Crippen MR) is 86.7 cm³/mol. The van der Waals surface area contributed by atoms with E-state index in [0.29, 0.717) is 0 Å². The summed E-state index contributed by atoms with van der Waals surface area (Å²) >= 11 is 5.96. The molecule has 4 aromatic rings. The van der Waals surface area contributed by atoms with Crippen LogP contribution >= 0.6 is 11.6 Å². The highest BCUT2D eigenvalue weighted by molar-refractivity contribution is 6.30. The summed E-state index contributed by atoms with van der Waals surface area (Å²) in [6.45, 7) is 0. The van der Waals surface area contributed by atoms with Crippen molar-refractivity contribution in [2.24, 2.45) is 0 Å². The largest absolute Gasteiger partial charge is 0.296 e. The monoisotopic (exact) mass is 306 g/mol. The van der Waals surface area contributed by atoms with Crippen LogP contribution in [0, 0.1) is 0 Å². The number of nitrogens with zero attached hydrogens (tertiary/aromatic N) is 4. The second-order valence-electron chi connectivity index (χ2n) is 4.89. The van der Waals surface area contributed by atoms with E-state index >= 15 is 0 Å². The van der Waals surface area contributed by atoms with Crippen molar-refractivity contribution in [2.45, 2.75) is 0 Å². The molecule has 0 aliphatic carbocycles. The Morgan fingerprint density at radius 3 is 2.50 bits per heavy atom. The maximum Gasteiger partial charge on any atom is 0.155 e. The summed E-state index contributed by atoms with van der Waals surface area (Å²) in [6, 6.07) is 11.6. The first-order chi connectivity index (χ1) is 10.8. The summed E-state index contributed by atoms with van der Waals surface area (Å²) < 4.78 is 2.03. The molecular formula is C17H11ClN4. The lowest BCUT2D eigenvalue weighted by Crippen LogP contribution is -1.93. The van der Waals surface area contributed by atoms with Crippen molar-refractivity contribution in [3.63, 3.8) is 0 Å². The van der Waals surface area contributed by atoms with Crippen molar-refractivity contribution >= 4 is 17.2 Å². The van der Waals surface area contributed by atoms with E-state index in [-0.39, 0.29) is 0 Å². The highest BCUT2D eigenvalue weighted by atomic mass is 35.5. The summed E-state index contributed by atoms with van der Waals surface area (Å²) in [7, 11) is 0. The normalized spacial score (nSPS) is 11.0. The van der Waals surface area contributed by atoms with Gasteiger partial charge in [-0.15, -0.1) is 0 Å². The molecule has 0 saturated carbocycles. The topological polar surface area (TPSA) is 43.1 Å². The van der Waals surface area contributed by atoms with Crippen LogP contribution in [0.3, 0.4) is 0 Å². The quantitative estimate of drug-likeness (QED) is 0.559. The Morgan fingerprint density at radius 2 is 1.73 bits per heavy atom. The van der Waals surface area contributed by atoms with Crippen LogP contribution in [-0.2, 0) is 0 Å². The Labute approximate surface area is 132 Å². The van der Waals surface area contributed by atoms with Crippen molar-refractivity contribution in [3.8, 4) is 22.5 Å². The summed E-state index contributed by atoms with van der Waals surface area (Å²) in [5.41, 5.74) is 4.69. The minimum atomic E-state index is 0.718. The van der Waals surface area contributed by atoms with Crippen LogP contribution in [0.2, 0.25) is 5.02 Å². The molecule has 4 nitrogen and oxygen atoms in total. The van der Waals surface area contributed by atoms with E-state index < -0.39 is 0 Å². The molecular weight excluding hydrogens is 296 g/mol. The van der Waals surface area contributed by atoms with Crippen LogP contribution in [-0.4, -0.2) is 19.4 Å². The Kier molecular flexibility index (Phi) is 3.09. The van der Waals surface area contributed by atoms with E-state index in [0.717, 1.165) is 33.2 Å².